The lowest BCUT2D eigenvalue weighted by atomic mass is 9.95. The summed E-state index contributed by atoms with van der Waals surface area (Å²) in [6.45, 7) is 7.82. The van der Waals surface area contributed by atoms with Crippen molar-refractivity contribution in [1.82, 2.24) is 4.90 Å². The molecular weight excluding hydrogens is 226 g/mol. The lowest BCUT2D eigenvalue weighted by Crippen LogP contribution is -2.56. The Morgan fingerprint density at radius 1 is 1.56 bits per heavy atom. The second kappa shape index (κ2) is 3.71. The fraction of sp³-hybridized carbons (Fsp3) is 0.900. The Balaban J connectivity index is 2.12. The highest BCUT2D eigenvalue weighted by molar-refractivity contribution is 6.69. The zero-order chi connectivity index (χ0) is 12.0. The number of piperidine rings is 1. The van der Waals surface area contributed by atoms with Crippen LogP contribution in [0.5, 0.6) is 0 Å². The van der Waals surface area contributed by atoms with E-state index in [9.17, 15) is 4.79 Å². The van der Waals surface area contributed by atoms with E-state index in [0.29, 0.717) is 19.7 Å². The Bertz CT molecular complexity index is 304. The number of hydrogen-bond donors (Lipinski definition) is 1. The summed E-state index contributed by atoms with van der Waals surface area (Å²) in [7, 11) is -1.68. The van der Waals surface area contributed by atoms with Crippen molar-refractivity contribution >= 4 is 14.4 Å². The standard InChI is InChI=1S/C10H19NO4Si/c1-16(2,3)15-10-4-8(14-7-10)5-11(6-10)9(12)13/h8H,4-7H2,1-3H3,(H,12,13). The monoisotopic (exact) mass is 245 g/mol. The van der Waals surface area contributed by atoms with Crippen LogP contribution in [0.15, 0.2) is 0 Å². The van der Waals surface area contributed by atoms with Crippen LogP contribution in [0.4, 0.5) is 4.79 Å². The summed E-state index contributed by atoms with van der Waals surface area (Å²) < 4.78 is 11.7. The lowest BCUT2D eigenvalue weighted by molar-refractivity contribution is 0.0177. The fourth-order valence-electron chi connectivity index (χ4n) is 2.59. The average Bonchev–Trinajstić information content (AvgIpc) is 2.37. The van der Waals surface area contributed by atoms with Crippen LogP contribution in [0.25, 0.3) is 0 Å². The second-order valence-electron chi connectivity index (χ2n) is 5.70. The molecule has 5 nitrogen and oxygen atoms in total. The number of ether oxygens (including phenoxy) is 1. The van der Waals surface area contributed by atoms with Gasteiger partial charge >= 0.3 is 6.09 Å². The second-order valence-corrected chi connectivity index (χ2v) is 10.1. The van der Waals surface area contributed by atoms with E-state index in [2.05, 4.69) is 19.6 Å². The van der Waals surface area contributed by atoms with Crippen molar-refractivity contribution in [2.75, 3.05) is 19.7 Å². The molecule has 0 aromatic rings. The summed E-state index contributed by atoms with van der Waals surface area (Å²) in [5.74, 6) is 0. The van der Waals surface area contributed by atoms with Crippen molar-refractivity contribution < 1.29 is 19.1 Å². The van der Waals surface area contributed by atoms with Crippen molar-refractivity contribution in [3.8, 4) is 0 Å². The number of hydrogen-bond acceptors (Lipinski definition) is 3. The van der Waals surface area contributed by atoms with Crippen molar-refractivity contribution in [2.24, 2.45) is 0 Å². The fourth-order valence-corrected chi connectivity index (χ4v) is 4.09. The van der Waals surface area contributed by atoms with Gasteiger partial charge in [0.15, 0.2) is 8.32 Å². The summed E-state index contributed by atoms with van der Waals surface area (Å²) in [6, 6.07) is 0. The Morgan fingerprint density at radius 3 is 2.81 bits per heavy atom. The first-order valence-electron chi connectivity index (χ1n) is 5.59. The Morgan fingerprint density at radius 2 is 2.25 bits per heavy atom. The highest BCUT2D eigenvalue weighted by Crippen LogP contribution is 2.36. The Kier molecular flexibility index (Phi) is 2.76. The minimum absolute atomic E-state index is 0.0150. The number of carboxylic acid groups (broad SMARTS) is 1. The van der Waals surface area contributed by atoms with E-state index in [0.717, 1.165) is 6.42 Å². The predicted octanol–water partition coefficient (Wildman–Crippen LogP) is 1.36. The van der Waals surface area contributed by atoms with Gasteiger partial charge in [-0.25, -0.2) is 4.79 Å². The van der Waals surface area contributed by atoms with Gasteiger partial charge in [-0.05, 0) is 19.6 Å². The van der Waals surface area contributed by atoms with E-state index < -0.39 is 14.4 Å². The van der Waals surface area contributed by atoms with Gasteiger partial charge in [-0.1, -0.05) is 0 Å². The first kappa shape index (κ1) is 11.9. The average molecular weight is 245 g/mol. The first-order valence-corrected chi connectivity index (χ1v) is 9.00. The van der Waals surface area contributed by atoms with Gasteiger partial charge in [0.1, 0.15) is 0 Å². The van der Waals surface area contributed by atoms with Crippen molar-refractivity contribution in [3.63, 3.8) is 0 Å². The summed E-state index contributed by atoms with van der Waals surface area (Å²) in [4.78, 5) is 12.4. The molecule has 0 aliphatic carbocycles. The third kappa shape index (κ3) is 2.39. The molecule has 0 saturated carbocycles. The van der Waals surface area contributed by atoms with Crippen LogP contribution in [0.2, 0.25) is 19.6 Å². The van der Waals surface area contributed by atoms with Crippen LogP contribution in [-0.4, -0.2) is 55.8 Å². The molecule has 1 N–H and O–H groups in total. The summed E-state index contributed by atoms with van der Waals surface area (Å²) in [6.07, 6.45) is -0.0268. The van der Waals surface area contributed by atoms with Crippen molar-refractivity contribution in [3.05, 3.63) is 0 Å². The topological polar surface area (TPSA) is 59.0 Å². The van der Waals surface area contributed by atoms with Gasteiger partial charge in [0, 0.05) is 6.42 Å². The summed E-state index contributed by atoms with van der Waals surface area (Å²) in [5, 5.41) is 9.04. The van der Waals surface area contributed by atoms with E-state index in [1.54, 1.807) is 0 Å². The molecule has 2 unspecified atom stereocenters. The van der Waals surface area contributed by atoms with Crippen molar-refractivity contribution in [1.29, 1.82) is 0 Å². The lowest BCUT2D eigenvalue weighted by Gasteiger charge is -2.40. The molecule has 0 spiro atoms. The van der Waals surface area contributed by atoms with Crippen LogP contribution >= 0.6 is 0 Å². The number of rotatable bonds is 2. The van der Waals surface area contributed by atoms with Crippen LogP contribution in [0.1, 0.15) is 6.42 Å². The van der Waals surface area contributed by atoms with Gasteiger partial charge in [-0.2, -0.15) is 0 Å². The van der Waals surface area contributed by atoms with Gasteiger partial charge < -0.3 is 19.2 Å². The molecule has 2 heterocycles. The smallest absolute Gasteiger partial charge is 0.407 e. The maximum absolute atomic E-state index is 11.0. The number of amides is 1. The third-order valence-corrected chi connectivity index (χ3v) is 3.92. The van der Waals surface area contributed by atoms with E-state index in [1.807, 2.05) is 0 Å². The molecule has 2 rings (SSSR count). The van der Waals surface area contributed by atoms with E-state index in [1.165, 1.54) is 4.90 Å². The quantitative estimate of drug-likeness (QED) is 0.746. The molecule has 0 radical (unpaired) electrons. The third-order valence-electron chi connectivity index (χ3n) is 2.88. The molecule has 2 fully saturated rings. The predicted molar refractivity (Wildman–Crippen MR) is 61.1 cm³/mol. The Hall–Kier alpha value is -0.593. The number of nitrogens with zero attached hydrogens (tertiary/aromatic N) is 1. The maximum atomic E-state index is 11.0. The molecule has 2 saturated heterocycles. The molecule has 16 heavy (non-hydrogen) atoms. The highest BCUT2D eigenvalue weighted by atomic mass is 28.4. The molecule has 0 aromatic heterocycles. The molecule has 1 amide bonds. The molecule has 2 aliphatic heterocycles. The van der Waals surface area contributed by atoms with E-state index >= 15 is 0 Å². The molecule has 92 valence electrons. The van der Waals surface area contributed by atoms with Gasteiger partial charge in [0.05, 0.1) is 31.4 Å². The van der Waals surface area contributed by atoms with Crippen molar-refractivity contribution in [2.45, 2.75) is 37.8 Å². The van der Waals surface area contributed by atoms with E-state index in [-0.39, 0.29) is 11.7 Å². The zero-order valence-corrected chi connectivity index (χ0v) is 11.0. The number of likely N-dealkylation sites (tertiary alicyclic amines) is 1. The summed E-state index contributed by atoms with van der Waals surface area (Å²) in [5.41, 5.74) is -0.383. The minimum Gasteiger partial charge on any atom is -0.465 e. The van der Waals surface area contributed by atoms with E-state index in [4.69, 9.17) is 14.3 Å². The van der Waals surface area contributed by atoms with Gasteiger partial charge in [-0.3, -0.25) is 0 Å². The van der Waals surface area contributed by atoms with Gasteiger partial charge in [0.2, 0.25) is 0 Å². The van der Waals surface area contributed by atoms with Crippen LogP contribution in [0, 0.1) is 0 Å². The largest absolute Gasteiger partial charge is 0.465 e. The van der Waals surface area contributed by atoms with Crippen LogP contribution in [0.3, 0.4) is 0 Å². The van der Waals surface area contributed by atoms with Crippen LogP contribution < -0.4 is 0 Å². The maximum Gasteiger partial charge on any atom is 0.407 e. The molecule has 2 atom stereocenters. The van der Waals surface area contributed by atoms with Gasteiger partial charge in [0.25, 0.3) is 0 Å². The SMILES string of the molecule is C[Si](C)(C)OC12COC(CN(C(=O)O)C1)C2. The number of fused-ring (bicyclic) bond motifs is 2. The van der Waals surface area contributed by atoms with Gasteiger partial charge in [-0.15, -0.1) is 0 Å². The molecule has 6 heteroatoms. The van der Waals surface area contributed by atoms with Crippen LogP contribution in [-0.2, 0) is 9.16 Å². The Labute approximate surface area is 96.5 Å². The highest BCUT2D eigenvalue weighted by Gasteiger charge is 2.50. The summed E-state index contributed by atoms with van der Waals surface area (Å²) >= 11 is 0. The molecule has 0 aromatic carbocycles. The zero-order valence-electron chi connectivity index (χ0n) is 10.0. The molecule has 2 aliphatic rings. The molecule has 2 bridgehead atoms. The normalized spacial score (nSPS) is 34.2. The number of carbonyl (C=O) groups is 1. The molecular formula is C10H19NO4Si. The first-order chi connectivity index (χ1) is 7.30. The minimum atomic E-state index is -1.68.